The number of carbonyl (C=O) groups is 1. The van der Waals surface area contributed by atoms with Gasteiger partial charge in [-0.15, -0.1) is 0 Å². The SMILES string of the molecule is CCC1CCCC12OC2(Cl)C(=O)OC. The van der Waals surface area contributed by atoms with Crippen LogP contribution in [-0.4, -0.2) is 23.7 Å². The molecule has 0 N–H and O–H groups in total. The molecule has 0 aromatic carbocycles. The van der Waals surface area contributed by atoms with E-state index in [1.807, 2.05) is 0 Å². The van der Waals surface area contributed by atoms with E-state index in [1.165, 1.54) is 7.11 Å². The molecule has 2 fully saturated rings. The van der Waals surface area contributed by atoms with Gasteiger partial charge >= 0.3 is 5.97 Å². The molecule has 0 aromatic rings. The molecule has 0 amide bonds. The average molecular weight is 219 g/mol. The predicted molar refractivity (Wildman–Crippen MR) is 52.0 cm³/mol. The lowest BCUT2D eigenvalue weighted by atomic mass is 9.90. The number of carbonyl (C=O) groups excluding carboxylic acids is 1. The summed E-state index contributed by atoms with van der Waals surface area (Å²) in [4.78, 5) is 11.4. The number of hydrogen-bond donors (Lipinski definition) is 0. The first kappa shape index (κ1) is 10.2. The topological polar surface area (TPSA) is 38.8 Å². The summed E-state index contributed by atoms with van der Waals surface area (Å²) in [7, 11) is 1.34. The summed E-state index contributed by atoms with van der Waals surface area (Å²) in [5.74, 6) is -0.0429. The molecule has 1 spiro atoms. The third kappa shape index (κ3) is 1.06. The molecular weight excluding hydrogens is 204 g/mol. The van der Waals surface area contributed by atoms with Crippen LogP contribution in [0.1, 0.15) is 32.6 Å². The summed E-state index contributed by atoms with van der Waals surface area (Å²) in [6.45, 7) is 2.11. The Kier molecular flexibility index (Phi) is 2.27. The third-order valence-electron chi connectivity index (χ3n) is 3.53. The molecule has 1 saturated heterocycles. The zero-order chi connectivity index (χ0) is 10.4. The van der Waals surface area contributed by atoms with Gasteiger partial charge in [-0.25, -0.2) is 4.79 Å². The second kappa shape index (κ2) is 3.11. The highest BCUT2D eigenvalue weighted by Crippen LogP contribution is 2.64. The van der Waals surface area contributed by atoms with Crippen molar-refractivity contribution < 1.29 is 14.3 Å². The molecule has 0 radical (unpaired) electrons. The normalized spacial score (nSPS) is 45.5. The van der Waals surface area contributed by atoms with E-state index in [0.717, 1.165) is 25.7 Å². The number of esters is 1. The van der Waals surface area contributed by atoms with E-state index in [-0.39, 0.29) is 0 Å². The molecule has 3 unspecified atom stereocenters. The number of alkyl halides is 1. The summed E-state index contributed by atoms with van der Waals surface area (Å²) in [5.41, 5.74) is -0.420. The number of methoxy groups -OCH3 is 1. The number of ether oxygens (including phenoxy) is 2. The van der Waals surface area contributed by atoms with Crippen molar-refractivity contribution in [1.82, 2.24) is 0 Å². The van der Waals surface area contributed by atoms with Crippen LogP contribution < -0.4 is 0 Å². The highest BCUT2D eigenvalue weighted by Gasteiger charge is 2.78. The lowest BCUT2D eigenvalue weighted by molar-refractivity contribution is -0.143. The summed E-state index contributed by atoms with van der Waals surface area (Å²) in [6.07, 6.45) is 4.07. The Hall–Kier alpha value is -0.280. The largest absolute Gasteiger partial charge is 0.466 e. The summed E-state index contributed by atoms with van der Waals surface area (Å²) in [6, 6.07) is 0. The fourth-order valence-corrected chi connectivity index (χ4v) is 3.17. The van der Waals surface area contributed by atoms with Crippen molar-refractivity contribution in [2.75, 3.05) is 7.11 Å². The molecule has 2 aliphatic rings. The molecule has 14 heavy (non-hydrogen) atoms. The van der Waals surface area contributed by atoms with Crippen molar-refractivity contribution in [2.24, 2.45) is 5.92 Å². The Labute approximate surface area is 88.7 Å². The van der Waals surface area contributed by atoms with E-state index in [1.54, 1.807) is 0 Å². The van der Waals surface area contributed by atoms with Crippen LogP contribution in [0.25, 0.3) is 0 Å². The fourth-order valence-electron chi connectivity index (χ4n) is 2.71. The zero-order valence-corrected chi connectivity index (χ0v) is 9.26. The van der Waals surface area contributed by atoms with Crippen molar-refractivity contribution in [3.8, 4) is 0 Å². The monoisotopic (exact) mass is 218 g/mol. The molecule has 4 heteroatoms. The number of epoxide rings is 1. The third-order valence-corrected chi connectivity index (χ3v) is 4.08. The first-order valence-electron chi connectivity index (χ1n) is 5.08. The Morgan fingerprint density at radius 1 is 1.71 bits per heavy atom. The van der Waals surface area contributed by atoms with Crippen molar-refractivity contribution in [3.05, 3.63) is 0 Å². The molecule has 2 rings (SSSR count). The Balaban J connectivity index is 2.18. The van der Waals surface area contributed by atoms with Crippen molar-refractivity contribution >= 4 is 17.6 Å². The highest BCUT2D eigenvalue weighted by molar-refractivity contribution is 6.36. The van der Waals surface area contributed by atoms with E-state index in [4.69, 9.17) is 16.3 Å². The molecule has 1 heterocycles. The van der Waals surface area contributed by atoms with Gasteiger partial charge in [0.05, 0.1) is 7.11 Å². The molecular formula is C10H15ClO3. The maximum atomic E-state index is 11.4. The Bertz CT molecular complexity index is 268. The van der Waals surface area contributed by atoms with Crippen molar-refractivity contribution in [1.29, 1.82) is 0 Å². The molecule has 0 aromatic heterocycles. The van der Waals surface area contributed by atoms with Gasteiger partial charge < -0.3 is 9.47 Å². The molecule has 3 atom stereocenters. The van der Waals surface area contributed by atoms with E-state index < -0.39 is 16.6 Å². The van der Waals surface area contributed by atoms with E-state index in [9.17, 15) is 4.79 Å². The van der Waals surface area contributed by atoms with Crippen LogP contribution in [0.5, 0.6) is 0 Å². The van der Waals surface area contributed by atoms with Gasteiger partial charge in [0.2, 0.25) is 0 Å². The standard InChI is InChI=1S/C10H15ClO3/c1-3-7-5-4-6-9(7)10(11,14-9)8(12)13-2/h7H,3-6H2,1-2H3. The second-order valence-electron chi connectivity index (χ2n) is 4.08. The van der Waals surface area contributed by atoms with E-state index >= 15 is 0 Å². The van der Waals surface area contributed by atoms with Gasteiger partial charge in [0, 0.05) is 0 Å². The van der Waals surface area contributed by atoms with Crippen molar-refractivity contribution in [3.63, 3.8) is 0 Å². The Morgan fingerprint density at radius 2 is 2.43 bits per heavy atom. The second-order valence-corrected chi connectivity index (χ2v) is 4.61. The van der Waals surface area contributed by atoms with Gasteiger partial charge in [0.25, 0.3) is 5.06 Å². The van der Waals surface area contributed by atoms with Crippen LogP contribution in [0.4, 0.5) is 0 Å². The van der Waals surface area contributed by atoms with Gasteiger partial charge in [-0.3, -0.25) is 0 Å². The molecule has 1 saturated carbocycles. The quantitative estimate of drug-likeness (QED) is 0.405. The number of rotatable bonds is 2. The minimum absolute atomic E-state index is 0.402. The van der Waals surface area contributed by atoms with Crippen LogP contribution in [0, 0.1) is 5.92 Å². The molecule has 1 aliphatic heterocycles. The lowest BCUT2D eigenvalue weighted by Gasteiger charge is -2.15. The van der Waals surface area contributed by atoms with Gasteiger partial charge in [0.1, 0.15) is 5.60 Å². The van der Waals surface area contributed by atoms with Crippen LogP contribution in [0.2, 0.25) is 0 Å². The van der Waals surface area contributed by atoms with Crippen LogP contribution in [0.3, 0.4) is 0 Å². The van der Waals surface area contributed by atoms with Gasteiger partial charge in [-0.2, -0.15) is 0 Å². The van der Waals surface area contributed by atoms with E-state index in [0.29, 0.717) is 5.92 Å². The average Bonchev–Trinajstić information content (AvgIpc) is 2.61. The predicted octanol–water partition coefficient (Wildman–Crippen LogP) is 2.07. The molecule has 1 aliphatic carbocycles. The van der Waals surface area contributed by atoms with Gasteiger partial charge in [-0.1, -0.05) is 24.9 Å². The first-order valence-corrected chi connectivity index (χ1v) is 5.46. The molecule has 0 bridgehead atoms. The highest BCUT2D eigenvalue weighted by atomic mass is 35.5. The van der Waals surface area contributed by atoms with Gasteiger partial charge in [-0.05, 0) is 25.2 Å². The maximum Gasteiger partial charge on any atom is 0.357 e. The van der Waals surface area contributed by atoms with Crippen LogP contribution in [-0.2, 0) is 14.3 Å². The van der Waals surface area contributed by atoms with Crippen LogP contribution >= 0.6 is 11.6 Å². The molecule has 3 nitrogen and oxygen atoms in total. The smallest absolute Gasteiger partial charge is 0.357 e. The number of hydrogen-bond acceptors (Lipinski definition) is 3. The minimum Gasteiger partial charge on any atom is -0.466 e. The van der Waals surface area contributed by atoms with Gasteiger partial charge in [0.15, 0.2) is 0 Å². The first-order chi connectivity index (χ1) is 6.60. The zero-order valence-electron chi connectivity index (χ0n) is 8.51. The summed E-state index contributed by atoms with van der Waals surface area (Å²) >= 11 is 6.13. The summed E-state index contributed by atoms with van der Waals surface area (Å²) in [5, 5.41) is -1.18. The molecule has 80 valence electrons. The van der Waals surface area contributed by atoms with Crippen molar-refractivity contribution in [2.45, 2.75) is 43.3 Å². The Morgan fingerprint density at radius 3 is 3.00 bits per heavy atom. The maximum absolute atomic E-state index is 11.4. The number of halogens is 1. The van der Waals surface area contributed by atoms with E-state index in [2.05, 4.69) is 11.7 Å². The minimum atomic E-state index is -1.18. The van der Waals surface area contributed by atoms with Crippen LogP contribution in [0.15, 0.2) is 0 Å². The fraction of sp³-hybridized carbons (Fsp3) is 0.900. The lowest BCUT2D eigenvalue weighted by Crippen LogP contribution is -2.32. The summed E-state index contributed by atoms with van der Waals surface area (Å²) < 4.78 is 10.2.